The average Bonchev–Trinajstić information content (AvgIpc) is 2.39. The van der Waals surface area contributed by atoms with Crippen molar-refractivity contribution < 1.29 is 26.8 Å². The van der Waals surface area contributed by atoms with Crippen LogP contribution in [-0.2, 0) is 5.92 Å². The highest BCUT2D eigenvalue weighted by atomic mass is 19.4. The van der Waals surface area contributed by atoms with E-state index in [-0.39, 0.29) is 5.75 Å². The highest BCUT2D eigenvalue weighted by molar-refractivity contribution is 5.32. The van der Waals surface area contributed by atoms with E-state index in [1.54, 1.807) is 5.06 Å². The summed E-state index contributed by atoms with van der Waals surface area (Å²) in [4.78, 5) is 5.32. The first-order valence-electron chi connectivity index (χ1n) is 6.10. The number of piperidine rings is 1. The van der Waals surface area contributed by atoms with Crippen LogP contribution < -0.4 is 4.84 Å². The van der Waals surface area contributed by atoms with Crippen LogP contribution in [0.2, 0.25) is 0 Å². The maximum absolute atomic E-state index is 13.2. The largest absolute Gasteiger partial charge is 0.458 e. The fourth-order valence-electron chi connectivity index (χ4n) is 1.88. The van der Waals surface area contributed by atoms with Crippen molar-refractivity contribution in [2.24, 2.45) is 0 Å². The highest BCUT2D eigenvalue weighted by Crippen LogP contribution is 2.44. The minimum absolute atomic E-state index is 0.0201. The molecule has 0 amide bonds. The Morgan fingerprint density at radius 1 is 1.00 bits per heavy atom. The smallest absolute Gasteiger partial charge is 0.406 e. The van der Waals surface area contributed by atoms with Crippen molar-refractivity contribution >= 4 is 0 Å². The number of benzene rings is 1. The van der Waals surface area contributed by atoms with E-state index < -0.39 is 17.7 Å². The molecular formula is C13H13F5NO. The van der Waals surface area contributed by atoms with E-state index in [1.807, 2.05) is 0 Å². The van der Waals surface area contributed by atoms with Gasteiger partial charge in [-0.15, -0.1) is 5.06 Å². The van der Waals surface area contributed by atoms with Gasteiger partial charge in [-0.1, -0.05) is 12.1 Å². The molecule has 0 aliphatic carbocycles. The quantitative estimate of drug-likeness (QED) is 0.783. The Balaban J connectivity index is 2.15. The van der Waals surface area contributed by atoms with E-state index in [0.717, 1.165) is 31.0 Å². The molecule has 0 atom stereocenters. The molecule has 0 N–H and O–H groups in total. The number of rotatable bonds is 3. The molecule has 1 saturated heterocycles. The maximum Gasteiger partial charge on any atom is 0.458 e. The van der Waals surface area contributed by atoms with Crippen LogP contribution in [-0.4, -0.2) is 24.3 Å². The molecule has 1 fully saturated rings. The zero-order valence-electron chi connectivity index (χ0n) is 10.5. The van der Waals surface area contributed by atoms with Gasteiger partial charge in [0.1, 0.15) is 5.75 Å². The molecule has 2 nitrogen and oxygen atoms in total. The Morgan fingerprint density at radius 2 is 1.65 bits per heavy atom. The number of hydroxylamine groups is 2. The summed E-state index contributed by atoms with van der Waals surface area (Å²) in [7, 11) is 0. The van der Waals surface area contributed by atoms with Crippen molar-refractivity contribution in [3.63, 3.8) is 0 Å². The summed E-state index contributed by atoms with van der Waals surface area (Å²) in [6.07, 6.45) is -1.98. The Bertz CT molecular complexity index is 454. The van der Waals surface area contributed by atoms with Gasteiger partial charge in [0.25, 0.3) is 0 Å². The zero-order chi connectivity index (χ0) is 14.8. The molecule has 111 valence electrons. The summed E-state index contributed by atoms with van der Waals surface area (Å²) in [5.74, 6) is -4.91. The molecule has 1 aromatic rings. The molecule has 0 saturated carbocycles. The summed E-state index contributed by atoms with van der Waals surface area (Å²) in [5.41, 5.74) is -1.12. The molecule has 2 rings (SSSR count). The second kappa shape index (κ2) is 5.55. The van der Waals surface area contributed by atoms with Gasteiger partial charge < -0.3 is 4.84 Å². The van der Waals surface area contributed by atoms with Crippen molar-refractivity contribution in [3.05, 3.63) is 36.2 Å². The molecule has 0 aromatic heterocycles. The lowest BCUT2D eigenvalue weighted by Gasteiger charge is -2.26. The summed E-state index contributed by atoms with van der Waals surface area (Å²) < 4.78 is 63.4. The molecule has 0 spiro atoms. The van der Waals surface area contributed by atoms with Gasteiger partial charge in [-0.3, -0.25) is 0 Å². The lowest BCUT2D eigenvalue weighted by Crippen LogP contribution is -2.34. The van der Waals surface area contributed by atoms with Crippen molar-refractivity contribution in [3.8, 4) is 5.75 Å². The number of hydrogen-bond donors (Lipinski definition) is 0. The third-order valence-electron chi connectivity index (χ3n) is 2.95. The Kier molecular flexibility index (Phi) is 4.17. The molecular weight excluding hydrogens is 281 g/mol. The van der Waals surface area contributed by atoms with Gasteiger partial charge >= 0.3 is 12.1 Å². The maximum atomic E-state index is 13.2. The first-order chi connectivity index (χ1) is 9.30. The second-order valence-corrected chi connectivity index (χ2v) is 4.49. The lowest BCUT2D eigenvalue weighted by molar-refractivity contribution is -0.289. The van der Waals surface area contributed by atoms with Crippen molar-refractivity contribution in [1.29, 1.82) is 0 Å². The van der Waals surface area contributed by atoms with E-state index in [1.165, 1.54) is 6.07 Å². The van der Waals surface area contributed by atoms with Crippen LogP contribution in [0.25, 0.3) is 0 Å². The molecule has 1 heterocycles. The van der Waals surface area contributed by atoms with Crippen molar-refractivity contribution in [2.45, 2.75) is 24.9 Å². The number of hydrogen-bond acceptors (Lipinski definition) is 2. The second-order valence-electron chi connectivity index (χ2n) is 4.49. The summed E-state index contributed by atoms with van der Waals surface area (Å²) in [6, 6.07) is 3.95. The standard InChI is InChI=1S/C13H13F5NO/c14-12(15,13(16,17)18)10-5-4-6-11(9-10)20-19-7-2-1-3-8-19/h1,4-6,9H,2-3,7-8H2. The monoisotopic (exact) mass is 294 g/mol. The minimum Gasteiger partial charge on any atom is -0.406 e. The van der Waals surface area contributed by atoms with E-state index in [0.29, 0.717) is 13.1 Å². The molecule has 1 aromatic carbocycles. The molecule has 1 radical (unpaired) electrons. The summed E-state index contributed by atoms with van der Waals surface area (Å²) in [5, 5.41) is 1.55. The molecule has 0 unspecified atom stereocenters. The van der Waals surface area contributed by atoms with Crippen LogP contribution in [0.15, 0.2) is 24.3 Å². The topological polar surface area (TPSA) is 12.5 Å². The van der Waals surface area contributed by atoms with E-state index >= 15 is 0 Å². The predicted molar refractivity (Wildman–Crippen MR) is 62.1 cm³/mol. The molecule has 1 aliphatic rings. The molecule has 20 heavy (non-hydrogen) atoms. The summed E-state index contributed by atoms with van der Waals surface area (Å²) >= 11 is 0. The Labute approximate surface area is 113 Å². The fraction of sp³-hybridized carbons (Fsp3) is 0.462. The van der Waals surface area contributed by atoms with Gasteiger partial charge in [0.05, 0.1) is 0 Å². The molecule has 7 heteroatoms. The average molecular weight is 294 g/mol. The Morgan fingerprint density at radius 3 is 2.25 bits per heavy atom. The fourth-order valence-corrected chi connectivity index (χ4v) is 1.88. The lowest BCUT2D eigenvalue weighted by atomic mass is 10.1. The van der Waals surface area contributed by atoms with E-state index in [4.69, 9.17) is 4.84 Å². The minimum atomic E-state index is -5.62. The molecule has 1 aliphatic heterocycles. The van der Waals surface area contributed by atoms with E-state index in [9.17, 15) is 22.0 Å². The molecule has 0 bridgehead atoms. The van der Waals surface area contributed by atoms with Crippen LogP contribution in [0.5, 0.6) is 5.75 Å². The van der Waals surface area contributed by atoms with E-state index in [2.05, 4.69) is 6.42 Å². The van der Waals surface area contributed by atoms with Crippen LogP contribution >= 0.6 is 0 Å². The van der Waals surface area contributed by atoms with Gasteiger partial charge in [0, 0.05) is 18.7 Å². The number of halogens is 5. The summed E-state index contributed by atoms with van der Waals surface area (Å²) in [6.45, 7) is 1.17. The van der Waals surface area contributed by atoms with Crippen LogP contribution in [0.1, 0.15) is 18.4 Å². The SMILES string of the molecule is FC(F)(F)C(F)(F)c1cccc(ON2CC[CH]CC2)c1. The first-order valence-corrected chi connectivity index (χ1v) is 6.10. The van der Waals surface area contributed by atoms with Crippen LogP contribution in [0, 0.1) is 6.42 Å². The van der Waals surface area contributed by atoms with Gasteiger partial charge in [-0.2, -0.15) is 22.0 Å². The predicted octanol–water partition coefficient (Wildman–Crippen LogP) is 3.93. The third kappa shape index (κ3) is 3.20. The number of alkyl halides is 5. The van der Waals surface area contributed by atoms with Gasteiger partial charge in [0.2, 0.25) is 0 Å². The first kappa shape index (κ1) is 15.0. The van der Waals surface area contributed by atoms with Crippen molar-refractivity contribution in [2.75, 3.05) is 13.1 Å². The highest BCUT2D eigenvalue weighted by Gasteiger charge is 2.58. The van der Waals surface area contributed by atoms with Gasteiger partial charge in [-0.05, 0) is 31.4 Å². The zero-order valence-corrected chi connectivity index (χ0v) is 10.5. The third-order valence-corrected chi connectivity index (χ3v) is 2.95. The van der Waals surface area contributed by atoms with Crippen LogP contribution in [0.3, 0.4) is 0 Å². The van der Waals surface area contributed by atoms with Crippen molar-refractivity contribution in [1.82, 2.24) is 5.06 Å². The Hall–Kier alpha value is -1.37. The van der Waals surface area contributed by atoms with Gasteiger partial charge in [0.15, 0.2) is 0 Å². The number of nitrogens with zero attached hydrogens (tertiary/aromatic N) is 1. The normalized spacial score (nSPS) is 18.1. The van der Waals surface area contributed by atoms with Gasteiger partial charge in [-0.25, -0.2) is 0 Å². The van der Waals surface area contributed by atoms with Crippen LogP contribution in [0.4, 0.5) is 22.0 Å².